The molecule has 0 bridgehead atoms. The number of benzene rings is 1. The maximum absolute atomic E-state index is 14.6. The van der Waals surface area contributed by atoms with Crippen LogP contribution in [0.4, 0.5) is 4.39 Å². The van der Waals surface area contributed by atoms with Crippen LogP contribution in [0, 0.1) is 5.82 Å². The third-order valence-electron chi connectivity index (χ3n) is 6.04. The highest BCUT2D eigenvalue weighted by Crippen LogP contribution is 2.26. The van der Waals surface area contributed by atoms with E-state index in [2.05, 4.69) is 18.0 Å². The van der Waals surface area contributed by atoms with E-state index in [1.54, 1.807) is 12.1 Å². The molecule has 34 heavy (non-hydrogen) atoms. The standard InChI is InChI=1S/C29H36FNO3/c1-3-5-6-7-8-9-10-11-12-13-22-14-17-26(31-21-22)23-15-18-27(25(30)20-23)34-29(32)28-19-16-24(4-2)33-28/h14-21H,3-13H2,1-2H3. The van der Waals surface area contributed by atoms with E-state index in [-0.39, 0.29) is 11.5 Å². The van der Waals surface area contributed by atoms with Gasteiger partial charge in [-0.2, -0.15) is 0 Å². The molecule has 0 aliphatic rings. The minimum atomic E-state index is -0.717. The zero-order valence-corrected chi connectivity index (χ0v) is 20.4. The molecule has 3 aromatic rings. The molecule has 0 saturated heterocycles. The lowest BCUT2D eigenvalue weighted by Crippen LogP contribution is -2.08. The first-order valence-corrected chi connectivity index (χ1v) is 12.7. The molecule has 3 rings (SSSR count). The average molecular weight is 466 g/mol. The summed E-state index contributed by atoms with van der Waals surface area (Å²) in [5.74, 6) is -0.733. The molecule has 0 fully saturated rings. The molecule has 0 aliphatic heterocycles. The molecule has 0 N–H and O–H groups in total. The summed E-state index contributed by atoms with van der Waals surface area (Å²) in [6.07, 6.45) is 15.4. The van der Waals surface area contributed by atoms with E-state index >= 15 is 0 Å². The summed E-state index contributed by atoms with van der Waals surface area (Å²) < 4.78 is 25.1. The molecule has 0 atom stereocenters. The average Bonchev–Trinajstić information content (AvgIpc) is 3.34. The molecule has 5 heteroatoms. The van der Waals surface area contributed by atoms with Crippen molar-refractivity contribution in [2.24, 2.45) is 0 Å². The SMILES string of the molecule is CCCCCCCCCCCc1ccc(-c2ccc(OC(=O)c3ccc(CC)o3)c(F)c2)nc1. The van der Waals surface area contributed by atoms with E-state index in [9.17, 15) is 9.18 Å². The van der Waals surface area contributed by atoms with E-state index in [4.69, 9.17) is 9.15 Å². The van der Waals surface area contributed by atoms with Crippen LogP contribution in [0.15, 0.2) is 53.1 Å². The van der Waals surface area contributed by atoms with Crippen molar-refractivity contribution in [3.63, 3.8) is 0 Å². The van der Waals surface area contributed by atoms with Gasteiger partial charge in [0.15, 0.2) is 11.6 Å². The summed E-state index contributed by atoms with van der Waals surface area (Å²) >= 11 is 0. The molecule has 0 unspecified atom stereocenters. The highest BCUT2D eigenvalue weighted by Gasteiger charge is 2.16. The van der Waals surface area contributed by atoms with Crippen LogP contribution >= 0.6 is 0 Å². The molecule has 182 valence electrons. The number of halogens is 1. The van der Waals surface area contributed by atoms with Gasteiger partial charge >= 0.3 is 5.97 Å². The summed E-state index contributed by atoms with van der Waals surface area (Å²) in [6, 6.07) is 11.7. The maximum atomic E-state index is 14.6. The smallest absolute Gasteiger partial charge is 0.379 e. The van der Waals surface area contributed by atoms with Crippen LogP contribution in [-0.4, -0.2) is 11.0 Å². The Morgan fingerprint density at radius 2 is 1.65 bits per heavy atom. The van der Waals surface area contributed by atoms with Crippen LogP contribution in [0.25, 0.3) is 11.3 Å². The van der Waals surface area contributed by atoms with Crippen LogP contribution < -0.4 is 4.74 Å². The monoisotopic (exact) mass is 465 g/mol. The van der Waals surface area contributed by atoms with Crippen LogP contribution in [-0.2, 0) is 12.8 Å². The van der Waals surface area contributed by atoms with E-state index < -0.39 is 11.8 Å². The molecule has 1 aromatic carbocycles. The van der Waals surface area contributed by atoms with E-state index in [1.165, 1.54) is 81.5 Å². The Hall–Kier alpha value is -2.95. The van der Waals surface area contributed by atoms with Crippen molar-refractivity contribution in [2.75, 3.05) is 0 Å². The van der Waals surface area contributed by atoms with Gasteiger partial charge in [-0.1, -0.05) is 71.3 Å². The Bertz CT molecular complexity index is 1030. The van der Waals surface area contributed by atoms with Gasteiger partial charge in [-0.3, -0.25) is 4.98 Å². The molecule has 0 radical (unpaired) electrons. The number of aryl methyl sites for hydroxylation is 2. The zero-order chi connectivity index (χ0) is 24.2. The first-order valence-electron chi connectivity index (χ1n) is 12.7. The quantitative estimate of drug-likeness (QED) is 0.136. The molecule has 4 nitrogen and oxygen atoms in total. The maximum Gasteiger partial charge on any atom is 0.379 e. The first kappa shape index (κ1) is 25.7. The lowest BCUT2D eigenvalue weighted by Gasteiger charge is -2.07. The Morgan fingerprint density at radius 3 is 2.26 bits per heavy atom. The van der Waals surface area contributed by atoms with Gasteiger partial charge in [-0.05, 0) is 54.8 Å². The fourth-order valence-electron chi connectivity index (χ4n) is 3.95. The fourth-order valence-corrected chi connectivity index (χ4v) is 3.95. The lowest BCUT2D eigenvalue weighted by molar-refractivity contribution is 0.0692. The van der Waals surface area contributed by atoms with Gasteiger partial charge in [-0.15, -0.1) is 0 Å². The topological polar surface area (TPSA) is 52.3 Å². The van der Waals surface area contributed by atoms with E-state index in [1.807, 2.05) is 19.2 Å². The second kappa shape index (κ2) is 13.7. The van der Waals surface area contributed by atoms with Crippen LogP contribution in [0.3, 0.4) is 0 Å². The number of carbonyl (C=O) groups excluding carboxylic acids is 1. The minimum Gasteiger partial charge on any atom is -0.454 e. The predicted octanol–water partition coefficient (Wildman–Crippen LogP) is 8.34. The van der Waals surface area contributed by atoms with E-state index in [0.29, 0.717) is 23.4 Å². The predicted molar refractivity (Wildman–Crippen MR) is 134 cm³/mol. The fraction of sp³-hybridized carbons (Fsp3) is 0.448. The highest BCUT2D eigenvalue weighted by atomic mass is 19.1. The molecule has 2 heterocycles. The number of furan rings is 1. The number of ether oxygens (including phenoxy) is 1. The second-order valence-electron chi connectivity index (χ2n) is 8.78. The van der Waals surface area contributed by atoms with Crippen LogP contribution in [0.2, 0.25) is 0 Å². The number of rotatable bonds is 14. The second-order valence-corrected chi connectivity index (χ2v) is 8.78. The van der Waals surface area contributed by atoms with Gasteiger partial charge < -0.3 is 9.15 Å². The third kappa shape index (κ3) is 7.82. The molecular formula is C29H36FNO3. The van der Waals surface area contributed by atoms with Crippen LogP contribution in [0.5, 0.6) is 5.75 Å². The third-order valence-corrected chi connectivity index (χ3v) is 6.04. The van der Waals surface area contributed by atoms with Gasteiger partial charge in [-0.25, -0.2) is 9.18 Å². The zero-order valence-electron chi connectivity index (χ0n) is 20.4. The van der Waals surface area contributed by atoms with E-state index in [0.717, 1.165) is 6.42 Å². The number of pyridine rings is 1. The van der Waals surface area contributed by atoms with Crippen molar-refractivity contribution in [1.82, 2.24) is 4.98 Å². The molecular weight excluding hydrogens is 429 g/mol. The van der Waals surface area contributed by atoms with Gasteiger partial charge in [0.05, 0.1) is 5.69 Å². The van der Waals surface area contributed by atoms with Crippen molar-refractivity contribution in [1.29, 1.82) is 0 Å². The summed E-state index contributed by atoms with van der Waals surface area (Å²) in [5.41, 5.74) is 2.52. The Morgan fingerprint density at radius 1 is 0.912 bits per heavy atom. The molecule has 0 saturated carbocycles. The number of hydrogen-bond acceptors (Lipinski definition) is 4. The number of unbranched alkanes of at least 4 members (excludes halogenated alkanes) is 8. The Kier molecular flexibility index (Phi) is 10.3. The van der Waals surface area contributed by atoms with Crippen molar-refractivity contribution in [3.8, 4) is 17.0 Å². The highest BCUT2D eigenvalue weighted by molar-refractivity contribution is 5.88. The first-order chi connectivity index (χ1) is 16.6. The summed E-state index contributed by atoms with van der Waals surface area (Å²) in [6.45, 7) is 4.17. The van der Waals surface area contributed by atoms with Crippen molar-refractivity contribution in [3.05, 3.63) is 71.6 Å². The van der Waals surface area contributed by atoms with Crippen LogP contribution in [0.1, 0.15) is 93.5 Å². The normalized spacial score (nSPS) is 11.0. The van der Waals surface area contributed by atoms with Crippen molar-refractivity contribution >= 4 is 5.97 Å². The number of nitrogens with zero attached hydrogens (tertiary/aromatic N) is 1. The Labute approximate surface area is 202 Å². The van der Waals surface area contributed by atoms with Crippen molar-refractivity contribution < 1.29 is 18.3 Å². The largest absolute Gasteiger partial charge is 0.454 e. The van der Waals surface area contributed by atoms with Gasteiger partial charge in [0, 0.05) is 18.2 Å². The molecule has 0 amide bonds. The van der Waals surface area contributed by atoms with Gasteiger partial charge in [0.2, 0.25) is 5.76 Å². The molecule has 0 spiro atoms. The summed E-state index contributed by atoms with van der Waals surface area (Å²) in [5, 5.41) is 0. The summed E-state index contributed by atoms with van der Waals surface area (Å²) in [7, 11) is 0. The Balaban J connectivity index is 1.46. The summed E-state index contributed by atoms with van der Waals surface area (Å²) in [4.78, 5) is 16.7. The molecule has 0 aliphatic carbocycles. The number of hydrogen-bond donors (Lipinski definition) is 0. The molecule has 2 aromatic heterocycles. The number of carbonyl (C=O) groups is 1. The van der Waals surface area contributed by atoms with Gasteiger partial charge in [0.1, 0.15) is 5.76 Å². The van der Waals surface area contributed by atoms with Gasteiger partial charge in [0.25, 0.3) is 0 Å². The number of aromatic nitrogens is 1. The van der Waals surface area contributed by atoms with Crippen molar-refractivity contribution in [2.45, 2.75) is 84.5 Å². The lowest BCUT2D eigenvalue weighted by atomic mass is 10.0. The minimum absolute atomic E-state index is 0.0598. The number of esters is 1.